The fourth-order valence-corrected chi connectivity index (χ4v) is 3.07. The van der Waals surface area contributed by atoms with E-state index in [4.69, 9.17) is 4.42 Å². The number of aromatic nitrogens is 1. The Hall–Kier alpha value is -3.02. The van der Waals surface area contributed by atoms with Gasteiger partial charge in [0.25, 0.3) is 0 Å². The third kappa shape index (κ3) is 4.39. The molecule has 0 spiro atoms. The topological polar surface area (TPSA) is 58.7 Å². The Morgan fingerprint density at radius 2 is 1.74 bits per heavy atom. The molecule has 0 aliphatic carbocycles. The summed E-state index contributed by atoms with van der Waals surface area (Å²) >= 11 is 0. The second kappa shape index (κ2) is 8.12. The van der Waals surface area contributed by atoms with Crippen LogP contribution in [-0.2, 0) is 17.9 Å². The van der Waals surface area contributed by atoms with Gasteiger partial charge in [-0.3, -0.25) is 9.36 Å². The molecule has 3 aromatic rings. The molecule has 6 heteroatoms. The Morgan fingerprint density at radius 3 is 2.44 bits per heavy atom. The third-order valence-corrected chi connectivity index (χ3v) is 4.64. The number of rotatable bonds is 7. The summed E-state index contributed by atoms with van der Waals surface area (Å²) in [6.45, 7) is 1.04. The highest BCUT2D eigenvalue weighted by Crippen LogP contribution is 2.15. The van der Waals surface area contributed by atoms with E-state index in [1.165, 1.54) is 0 Å². The lowest BCUT2D eigenvalue weighted by Gasteiger charge is -2.18. The number of aryl methyl sites for hydroxylation is 1. The number of nitrogens with zero attached hydrogens (tertiary/aromatic N) is 3. The molecule has 0 radical (unpaired) electrons. The average molecular weight is 367 g/mol. The number of carbonyl (C=O) groups is 1. The molecule has 0 saturated heterocycles. The predicted molar refractivity (Wildman–Crippen MR) is 107 cm³/mol. The van der Waals surface area contributed by atoms with E-state index >= 15 is 0 Å². The lowest BCUT2D eigenvalue weighted by molar-refractivity contribution is -0.130. The number of anilines is 1. The maximum Gasteiger partial charge on any atom is 0.419 e. The first-order valence-electron chi connectivity index (χ1n) is 9.04. The van der Waals surface area contributed by atoms with Gasteiger partial charge in [-0.2, -0.15) is 0 Å². The zero-order chi connectivity index (χ0) is 19.4. The van der Waals surface area contributed by atoms with Gasteiger partial charge in [0.2, 0.25) is 5.91 Å². The zero-order valence-electron chi connectivity index (χ0n) is 16.0. The molecule has 142 valence electrons. The molecule has 27 heavy (non-hydrogen) atoms. The van der Waals surface area contributed by atoms with E-state index in [0.29, 0.717) is 31.5 Å². The summed E-state index contributed by atoms with van der Waals surface area (Å²) in [6.07, 6.45) is 0.977. The van der Waals surface area contributed by atoms with Crippen LogP contribution in [0.25, 0.3) is 11.1 Å². The Morgan fingerprint density at radius 1 is 1.04 bits per heavy atom. The van der Waals surface area contributed by atoms with Crippen molar-refractivity contribution in [3.8, 4) is 0 Å². The summed E-state index contributed by atoms with van der Waals surface area (Å²) in [5.41, 5.74) is 3.57. The molecule has 0 saturated carbocycles. The van der Waals surface area contributed by atoms with Gasteiger partial charge in [0.15, 0.2) is 5.58 Å². The second-order valence-electron chi connectivity index (χ2n) is 6.90. The summed E-state index contributed by atoms with van der Waals surface area (Å²) in [6, 6.07) is 15.5. The molecule has 1 amide bonds. The summed E-state index contributed by atoms with van der Waals surface area (Å²) in [5.74, 6) is -0.314. The number of benzene rings is 2. The van der Waals surface area contributed by atoms with Crippen molar-refractivity contribution in [3.05, 3.63) is 64.6 Å². The summed E-state index contributed by atoms with van der Waals surface area (Å²) in [5, 5.41) is 0. The number of fused-ring (bicyclic) bond motifs is 1. The third-order valence-electron chi connectivity index (χ3n) is 4.64. The lowest BCUT2D eigenvalue weighted by Crippen LogP contribution is -2.26. The van der Waals surface area contributed by atoms with E-state index < -0.39 is 0 Å². The normalized spacial score (nSPS) is 10.9. The average Bonchev–Trinajstić information content (AvgIpc) is 2.97. The van der Waals surface area contributed by atoms with E-state index in [2.05, 4.69) is 0 Å². The fourth-order valence-electron chi connectivity index (χ4n) is 3.07. The van der Waals surface area contributed by atoms with E-state index in [0.717, 1.165) is 16.8 Å². The molecule has 3 rings (SSSR count). The predicted octanol–water partition coefficient (Wildman–Crippen LogP) is 3.10. The number of oxazole rings is 1. The number of hydrogen-bond donors (Lipinski definition) is 0. The van der Waals surface area contributed by atoms with Crippen LogP contribution in [0, 0.1) is 0 Å². The zero-order valence-corrected chi connectivity index (χ0v) is 16.0. The van der Waals surface area contributed by atoms with Crippen molar-refractivity contribution < 1.29 is 9.21 Å². The largest absolute Gasteiger partial charge is 0.419 e. The minimum atomic E-state index is -0.377. The Kier molecular flexibility index (Phi) is 5.64. The number of carbonyl (C=O) groups excluding carboxylic acids is 1. The highest BCUT2D eigenvalue weighted by Gasteiger charge is 2.12. The van der Waals surface area contributed by atoms with Crippen molar-refractivity contribution in [1.82, 2.24) is 9.47 Å². The summed E-state index contributed by atoms with van der Waals surface area (Å²) in [7, 11) is 5.81. The van der Waals surface area contributed by atoms with Gasteiger partial charge in [-0.25, -0.2) is 4.79 Å². The highest BCUT2D eigenvalue weighted by atomic mass is 16.4. The fraction of sp³-hybridized carbons (Fsp3) is 0.333. The van der Waals surface area contributed by atoms with Crippen LogP contribution in [0.1, 0.15) is 18.4 Å². The Balaban J connectivity index is 1.54. The quantitative estimate of drug-likeness (QED) is 0.644. The van der Waals surface area contributed by atoms with Gasteiger partial charge >= 0.3 is 5.76 Å². The van der Waals surface area contributed by atoms with Crippen LogP contribution in [-0.4, -0.2) is 36.5 Å². The molecule has 0 aliphatic rings. The van der Waals surface area contributed by atoms with Crippen LogP contribution < -0.4 is 10.7 Å². The van der Waals surface area contributed by atoms with Crippen LogP contribution in [0.3, 0.4) is 0 Å². The summed E-state index contributed by atoms with van der Waals surface area (Å²) in [4.78, 5) is 28.1. The smallest absolute Gasteiger partial charge is 0.408 e. The molecule has 1 heterocycles. The van der Waals surface area contributed by atoms with Crippen LogP contribution in [0.4, 0.5) is 5.69 Å². The van der Waals surface area contributed by atoms with Crippen molar-refractivity contribution in [2.45, 2.75) is 25.9 Å². The minimum Gasteiger partial charge on any atom is -0.408 e. The van der Waals surface area contributed by atoms with E-state index in [9.17, 15) is 9.59 Å². The molecular formula is C21H25N3O3. The van der Waals surface area contributed by atoms with Crippen molar-refractivity contribution in [2.75, 3.05) is 26.0 Å². The van der Waals surface area contributed by atoms with Crippen LogP contribution in [0.5, 0.6) is 0 Å². The molecule has 0 aliphatic heterocycles. The summed E-state index contributed by atoms with van der Waals surface area (Å²) < 4.78 is 6.80. The molecule has 0 unspecified atom stereocenters. The van der Waals surface area contributed by atoms with Crippen molar-refractivity contribution in [3.63, 3.8) is 0 Å². The maximum atomic E-state index is 12.4. The van der Waals surface area contributed by atoms with E-state index in [1.807, 2.05) is 68.5 Å². The SMILES string of the molecule is CN(Cc1ccc(N(C)C)cc1)C(=O)CCCn1c(=O)oc2ccccc21. The molecule has 0 bridgehead atoms. The first-order valence-corrected chi connectivity index (χ1v) is 9.04. The van der Waals surface area contributed by atoms with Crippen molar-refractivity contribution in [1.29, 1.82) is 0 Å². The number of hydrogen-bond acceptors (Lipinski definition) is 4. The van der Waals surface area contributed by atoms with Gasteiger partial charge in [-0.15, -0.1) is 0 Å². The first kappa shape index (κ1) is 18.8. The molecule has 1 aromatic heterocycles. The number of amides is 1. The molecule has 6 nitrogen and oxygen atoms in total. The van der Waals surface area contributed by atoms with E-state index in [1.54, 1.807) is 15.5 Å². The molecule has 0 atom stereocenters. The first-order chi connectivity index (χ1) is 13.0. The standard InChI is InChI=1S/C21H25N3O3/c1-22(2)17-12-10-16(11-13-17)15-23(3)20(25)9-6-14-24-18-7-4-5-8-19(18)27-21(24)26/h4-5,7-8,10-13H,6,9,14-15H2,1-3H3. The van der Waals surface area contributed by atoms with Crippen LogP contribution >= 0.6 is 0 Å². The molecule has 0 N–H and O–H groups in total. The highest BCUT2D eigenvalue weighted by molar-refractivity contribution is 5.76. The molecule has 0 fully saturated rings. The number of para-hydroxylation sites is 2. The van der Waals surface area contributed by atoms with E-state index in [-0.39, 0.29) is 11.7 Å². The van der Waals surface area contributed by atoms with Crippen molar-refractivity contribution >= 4 is 22.7 Å². The lowest BCUT2D eigenvalue weighted by atomic mass is 10.2. The minimum absolute atomic E-state index is 0.0625. The van der Waals surface area contributed by atoms with Gasteiger partial charge < -0.3 is 14.2 Å². The Bertz CT molecular complexity index is 970. The van der Waals surface area contributed by atoms with Gasteiger partial charge in [-0.05, 0) is 36.2 Å². The maximum absolute atomic E-state index is 12.4. The van der Waals surface area contributed by atoms with Crippen LogP contribution in [0.15, 0.2) is 57.7 Å². The van der Waals surface area contributed by atoms with Gasteiger partial charge in [0, 0.05) is 46.3 Å². The van der Waals surface area contributed by atoms with Gasteiger partial charge in [0.05, 0.1) is 5.52 Å². The Labute approximate surface area is 158 Å². The van der Waals surface area contributed by atoms with Crippen molar-refractivity contribution in [2.24, 2.45) is 0 Å². The van der Waals surface area contributed by atoms with Gasteiger partial charge in [0.1, 0.15) is 0 Å². The monoisotopic (exact) mass is 367 g/mol. The second-order valence-corrected chi connectivity index (χ2v) is 6.90. The molecule has 2 aromatic carbocycles. The molecular weight excluding hydrogens is 342 g/mol. The van der Waals surface area contributed by atoms with Gasteiger partial charge in [-0.1, -0.05) is 24.3 Å². The van der Waals surface area contributed by atoms with Crippen LogP contribution in [0.2, 0.25) is 0 Å².